The number of methoxy groups -OCH3 is 1. The topological polar surface area (TPSA) is 135 Å². The first-order valence-corrected chi connectivity index (χ1v) is 9.93. The Morgan fingerprint density at radius 2 is 2.13 bits per heavy atom. The first-order chi connectivity index (χ1) is 14.9. The van der Waals surface area contributed by atoms with Crippen LogP contribution >= 0.6 is 23.4 Å². The fourth-order valence-corrected chi connectivity index (χ4v) is 3.83. The second kappa shape index (κ2) is 8.28. The molecule has 0 saturated carbocycles. The maximum Gasteiger partial charge on any atom is 0.272 e. The molecule has 12 heteroatoms. The van der Waals surface area contributed by atoms with E-state index in [2.05, 4.69) is 20.3 Å². The molecular formula is C19H14ClN5O5S. The second-order valence-corrected chi connectivity index (χ2v) is 7.69. The van der Waals surface area contributed by atoms with Gasteiger partial charge in [-0.1, -0.05) is 11.6 Å². The highest BCUT2D eigenvalue weighted by atomic mass is 35.5. The van der Waals surface area contributed by atoms with Crippen molar-refractivity contribution in [3.63, 3.8) is 0 Å². The summed E-state index contributed by atoms with van der Waals surface area (Å²) in [5, 5.41) is 18.2. The van der Waals surface area contributed by atoms with Crippen LogP contribution in [0.1, 0.15) is 12.7 Å². The summed E-state index contributed by atoms with van der Waals surface area (Å²) in [6.45, 7) is 1.28. The van der Waals surface area contributed by atoms with E-state index < -0.39 is 11.8 Å². The van der Waals surface area contributed by atoms with Gasteiger partial charge in [-0.2, -0.15) is 0 Å². The lowest BCUT2D eigenvalue weighted by molar-refractivity contribution is -0.114. The number of aromatic nitrogens is 2. The van der Waals surface area contributed by atoms with E-state index in [1.54, 1.807) is 37.4 Å². The van der Waals surface area contributed by atoms with E-state index in [0.29, 0.717) is 27.9 Å². The first kappa shape index (κ1) is 20.7. The summed E-state index contributed by atoms with van der Waals surface area (Å²) in [5.74, 6) is 0.394. The summed E-state index contributed by atoms with van der Waals surface area (Å²) < 4.78 is 15.8. The zero-order valence-electron chi connectivity index (χ0n) is 16.1. The molecule has 0 atom stereocenters. The third-order valence-electron chi connectivity index (χ3n) is 4.13. The predicted octanol–water partition coefficient (Wildman–Crippen LogP) is 4.01. The number of ether oxygens (including phenoxy) is 1. The number of benzene rings is 1. The fourth-order valence-electron chi connectivity index (χ4n) is 2.83. The molecule has 4 rings (SSSR count). The summed E-state index contributed by atoms with van der Waals surface area (Å²) in [4.78, 5) is 25.4. The molecule has 0 spiro atoms. The van der Waals surface area contributed by atoms with E-state index in [4.69, 9.17) is 26.2 Å². The molecule has 3 aromatic rings. The lowest BCUT2D eigenvalue weighted by Crippen LogP contribution is -2.29. The number of nitrogens with one attached hydrogen (secondary N) is 2. The molecule has 158 valence electrons. The van der Waals surface area contributed by atoms with Crippen molar-refractivity contribution in [2.45, 2.75) is 6.92 Å². The van der Waals surface area contributed by atoms with Gasteiger partial charge in [0.15, 0.2) is 5.17 Å². The van der Waals surface area contributed by atoms with Gasteiger partial charge in [-0.25, -0.2) is 9.53 Å². The van der Waals surface area contributed by atoms with Gasteiger partial charge in [0.2, 0.25) is 17.5 Å². The Morgan fingerprint density at radius 1 is 1.32 bits per heavy atom. The van der Waals surface area contributed by atoms with Crippen LogP contribution in [0.2, 0.25) is 5.02 Å². The highest BCUT2D eigenvalue weighted by molar-refractivity contribution is 8.19. The van der Waals surface area contributed by atoms with Gasteiger partial charge >= 0.3 is 0 Å². The monoisotopic (exact) mass is 459 g/mol. The lowest BCUT2D eigenvalue weighted by atomic mass is 10.1. The minimum Gasteiger partial charge on any atom is -0.496 e. The third-order valence-corrected chi connectivity index (χ3v) is 5.25. The Morgan fingerprint density at radius 3 is 2.87 bits per heavy atom. The average Bonchev–Trinajstić information content (AvgIpc) is 3.42. The fraction of sp³-hybridized carbons (Fsp3) is 0.105. The zero-order valence-corrected chi connectivity index (χ0v) is 17.7. The van der Waals surface area contributed by atoms with E-state index in [1.165, 1.54) is 13.0 Å². The van der Waals surface area contributed by atoms with Crippen LogP contribution in [-0.4, -0.2) is 34.4 Å². The highest BCUT2D eigenvalue weighted by Gasteiger charge is 2.38. The van der Waals surface area contributed by atoms with Crippen LogP contribution in [0.3, 0.4) is 0 Å². The minimum atomic E-state index is -0.532. The number of amides is 2. The van der Waals surface area contributed by atoms with Gasteiger partial charge < -0.3 is 14.5 Å². The summed E-state index contributed by atoms with van der Waals surface area (Å²) in [7, 11) is 1.54. The van der Waals surface area contributed by atoms with Crippen molar-refractivity contribution in [3.05, 3.63) is 46.0 Å². The molecule has 0 aliphatic carbocycles. The number of furan rings is 1. The number of amidine groups is 1. The van der Waals surface area contributed by atoms with Gasteiger partial charge in [0.05, 0.1) is 17.6 Å². The van der Waals surface area contributed by atoms with Crippen molar-refractivity contribution in [2.75, 3.05) is 17.3 Å². The summed E-state index contributed by atoms with van der Waals surface area (Å²) in [6, 6.07) is 8.56. The van der Waals surface area contributed by atoms with Crippen LogP contribution in [0.4, 0.5) is 11.6 Å². The van der Waals surface area contributed by atoms with Crippen LogP contribution in [0.15, 0.2) is 44.3 Å². The molecule has 1 fully saturated rings. The molecule has 0 unspecified atom stereocenters. The standard InChI is InChI=1S/C19H14ClN5O5S/c1-9(26)22-16-17(24-30-23-16)25-18(27)15(31-19(25)21)8-11-4-6-14(29-11)12-7-10(20)3-5-13(12)28-2/h3-8,21H,1-2H3,(H,22,23,26). The van der Waals surface area contributed by atoms with E-state index in [-0.39, 0.29) is 21.7 Å². The number of nitrogens with zero attached hydrogens (tertiary/aromatic N) is 3. The number of thioether (sulfide) groups is 1. The first-order valence-electron chi connectivity index (χ1n) is 8.74. The van der Waals surface area contributed by atoms with Crippen LogP contribution in [0.5, 0.6) is 5.75 Å². The molecule has 1 saturated heterocycles. The van der Waals surface area contributed by atoms with E-state index in [9.17, 15) is 9.59 Å². The molecule has 0 bridgehead atoms. The summed E-state index contributed by atoms with van der Waals surface area (Å²) in [5.41, 5.74) is 0.660. The van der Waals surface area contributed by atoms with Gasteiger partial charge in [0.25, 0.3) is 5.91 Å². The number of halogens is 1. The number of rotatable bonds is 5. The molecular weight excluding hydrogens is 446 g/mol. The van der Waals surface area contributed by atoms with Crippen LogP contribution in [0, 0.1) is 5.41 Å². The molecule has 1 aromatic carbocycles. The Hall–Kier alpha value is -3.57. The van der Waals surface area contributed by atoms with E-state index in [0.717, 1.165) is 16.7 Å². The number of carbonyl (C=O) groups excluding carboxylic acids is 2. The molecule has 2 N–H and O–H groups in total. The van der Waals surface area contributed by atoms with Crippen molar-refractivity contribution in [1.82, 2.24) is 10.3 Å². The number of anilines is 2. The predicted molar refractivity (Wildman–Crippen MR) is 115 cm³/mol. The third kappa shape index (κ3) is 4.05. The zero-order chi connectivity index (χ0) is 22.1. The van der Waals surface area contributed by atoms with Gasteiger partial charge in [0.1, 0.15) is 17.3 Å². The number of hydrogen-bond acceptors (Lipinski definition) is 9. The van der Waals surface area contributed by atoms with Crippen LogP contribution in [-0.2, 0) is 9.59 Å². The second-order valence-electron chi connectivity index (χ2n) is 6.22. The molecule has 1 aliphatic rings. The molecule has 10 nitrogen and oxygen atoms in total. The lowest BCUT2D eigenvalue weighted by Gasteiger charge is -2.10. The Balaban J connectivity index is 1.62. The maximum absolute atomic E-state index is 12.9. The minimum absolute atomic E-state index is 0.0548. The van der Waals surface area contributed by atoms with Gasteiger partial charge in [-0.15, -0.1) is 0 Å². The van der Waals surface area contributed by atoms with Crippen molar-refractivity contribution in [1.29, 1.82) is 5.41 Å². The number of hydrogen-bond donors (Lipinski definition) is 2. The largest absolute Gasteiger partial charge is 0.496 e. The normalized spacial score (nSPS) is 15.1. The molecule has 31 heavy (non-hydrogen) atoms. The SMILES string of the molecule is COc1ccc(Cl)cc1-c1ccc(C=C2SC(=N)N(c3nonc3NC(C)=O)C2=O)o1. The van der Waals surface area contributed by atoms with Crippen LogP contribution < -0.4 is 15.0 Å². The quantitative estimate of drug-likeness (QED) is 0.546. The van der Waals surface area contributed by atoms with Gasteiger partial charge in [-0.05, 0) is 52.4 Å². The average molecular weight is 460 g/mol. The maximum atomic E-state index is 12.9. The summed E-state index contributed by atoms with van der Waals surface area (Å²) >= 11 is 6.99. The van der Waals surface area contributed by atoms with Crippen molar-refractivity contribution >= 4 is 58.1 Å². The van der Waals surface area contributed by atoms with Crippen molar-refractivity contribution in [3.8, 4) is 17.1 Å². The van der Waals surface area contributed by atoms with E-state index >= 15 is 0 Å². The smallest absolute Gasteiger partial charge is 0.272 e. The Kier molecular flexibility index (Phi) is 5.53. The molecule has 2 aromatic heterocycles. The molecule has 0 radical (unpaired) electrons. The van der Waals surface area contributed by atoms with E-state index in [1.807, 2.05) is 0 Å². The Labute approximate surface area is 184 Å². The van der Waals surface area contributed by atoms with Gasteiger partial charge in [-0.3, -0.25) is 15.0 Å². The van der Waals surface area contributed by atoms with Crippen molar-refractivity contribution in [2.24, 2.45) is 0 Å². The Bertz CT molecular complexity index is 1230. The molecule has 1 aliphatic heterocycles. The molecule has 3 heterocycles. The highest BCUT2D eigenvalue weighted by Crippen LogP contribution is 2.38. The summed E-state index contributed by atoms with van der Waals surface area (Å²) in [6.07, 6.45) is 1.51. The number of carbonyl (C=O) groups is 2. The van der Waals surface area contributed by atoms with Gasteiger partial charge in [0, 0.05) is 18.0 Å². The van der Waals surface area contributed by atoms with Crippen molar-refractivity contribution < 1.29 is 23.4 Å². The van der Waals surface area contributed by atoms with Crippen LogP contribution in [0.25, 0.3) is 17.4 Å². The molecule has 2 amide bonds.